The number of amides is 2. The van der Waals surface area contributed by atoms with E-state index in [0.717, 1.165) is 25.6 Å². The number of nitrogens with zero attached hydrogens (tertiary/aromatic N) is 1. The first kappa shape index (κ1) is 22.5. The lowest BCUT2D eigenvalue weighted by molar-refractivity contribution is -0.118. The lowest BCUT2D eigenvalue weighted by Crippen LogP contribution is -2.20. The van der Waals surface area contributed by atoms with Crippen LogP contribution in [0, 0.1) is 3.57 Å². The molecule has 6 nitrogen and oxygen atoms in total. The van der Waals surface area contributed by atoms with Crippen molar-refractivity contribution in [3.63, 3.8) is 0 Å². The largest absolute Gasteiger partial charge is 0.484 e. The predicted molar refractivity (Wildman–Crippen MR) is 139 cm³/mol. The van der Waals surface area contributed by atoms with Crippen LogP contribution in [0.25, 0.3) is 10.8 Å². The first-order valence-corrected chi connectivity index (χ1v) is 11.3. The van der Waals surface area contributed by atoms with Gasteiger partial charge in [0.15, 0.2) is 6.61 Å². The Morgan fingerprint density at radius 3 is 2.39 bits per heavy atom. The van der Waals surface area contributed by atoms with E-state index in [0.29, 0.717) is 11.3 Å². The summed E-state index contributed by atoms with van der Waals surface area (Å²) in [5.74, 6) is 0.0439. The molecule has 0 aliphatic rings. The first-order chi connectivity index (χ1) is 16.1. The monoisotopic (exact) mass is 549 g/mol. The zero-order valence-electron chi connectivity index (χ0n) is 17.5. The van der Waals surface area contributed by atoms with Gasteiger partial charge in [0.25, 0.3) is 11.8 Å². The molecule has 7 heteroatoms. The molecule has 0 spiro atoms. The Morgan fingerprint density at radius 2 is 1.61 bits per heavy atom. The summed E-state index contributed by atoms with van der Waals surface area (Å²) in [5.41, 5.74) is 4.62. The van der Waals surface area contributed by atoms with Crippen molar-refractivity contribution in [1.29, 1.82) is 0 Å². The number of para-hydroxylation sites is 1. The van der Waals surface area contributed by atoms with E-state index in [-0.39, 0.29) is 18.4 Å². The summed E-state index contributed by atoms with van der Waals surface area (Å²) in [7, 11) is 0. The van der Waals surface area contributed by atoms with Crippen molar-refractivity contribution in [2.75, 3.05) is 11.9 Å². The summed E-state index contributed by atoms with van der Waals surface area (Å²) in [6.07, 6.45) is 1.55. The van der Waals surface area contributed by atoms with E-state index in [1.165, 1.54) is 0 Å². The molecule has 0 saturated carbocycles. The minimum atomic E-state index is -0.281. The van der Waals surface area contributed by atoms with Crippen LogP contribution in [0.15, 0.2) is 96.1 Å². The Hall–Kier alpha value is -3.72. The number of halogens is 1. The Kier molecular flexibility index (Phi) is 7.31. The second kappa shape index (κ2) is 10.7. The Morgan fingerprint density at radius 1 is 0.879 bits per heavy atom. The summed E-state index contributed by atoms with van der Waals surface area (Å²) in [6.45, 7) is -0.0970. The van der Waals surface area contributed by atoms with Gasteiger partial charge in [-0.1, -0.05) is 42.5 Å². The molecule has 4 aromatic carbocycles. The summed E-state index contributed by atoms with van der Waals surface area (Å²) in [5, 5.41) is 8.92. The fraction of sp³-hybridized carbons (Fsp3) is 0.0385. The molecule has 0 radical (unpaired) electrons. The summed E-state index contributed by atoms with van der Waals surface area (Å²) < 4.78 is 6.50. The van der Waals surface area contributed by atoms with Gasteiger partial charge < -0.3 is 10.1 Å². The number of fused-ring (bicyclic) bond motifs is 1. The molecule has 33 heavy (non-hydrogen) atoms. The molecule has 0 aromatic heterocycles. The third kappa shape index (κ3) is 6.17. The van der Waals surface area contributed by atoms with Crippen LogP contribution < -0.4 is 15.5 Å². The molecule has 0 atom stereocenters. The van der Waals surface area contributed by atoms with Gasteiger partial charge in [0.05, 0.1) is 11.9 Å². The number of ether oxygens (including phenoxy) is 1. The molecule has 2 N–H and O–H groups in total. The fourth-order valence-corrected chi connectivity index (χ4v) is 3.63. The highest BCUT2D eigenvalue weighted by Crippen LogP contribution is 2.17. The maximum Gasteiger partial charge on any atom is 0.271 e. The van der Waals surface area contributed by atoms with Crippen molar-refractivity contribution in [3.05, 3.63) is 106 Å². The average Bonchev–Trinajstić information content (AvgIpc) is 2.84. The van der Waals surface area contributed by atoms with Gasteiger partial charge in [-0.3, -0.25) is 9.59 Å². The molecule has 0 fully saturated rings. The number of carbonyl (C=O) groups is 2. The van der Waals surface area contributed by atoms with Crippen LogP contribution in [-0.2, 0) is 4.79 Å². The van der Waals surface area contributed by atoms with Gasteiger partial charge in [0, 0.05) is 9.13 Å². The summed E-state index contributed by atoms with van der Waals surface area (Å²) in [6, 6.07) is 28.0. The highest BCUT2D eigenvalue weighted by molar-refractivity contribution is 14.1. The number of hydrogen-bond acceptors (Lipinski definition) is 4. The van der Waals surface area contributed by atoms with Crippen LogP contribution in [0.1, 0.15) is 15.9 Å². The van der Waals surface area contributed by atoms with Gasteiger partial charge in [-0.2, -0.15) is 5.10 Å². The van der Waals surface area contributed by atoms with Gasteiger partial charge in [-0.05, 0) is 87.5 Å². The number of rotatable bonds is 7. The van der Waals surface area contributed by atoms with Crippen LogP contribution in [0.4, 0.5) is 5.69 Å². The molecule has 0 unspecified atom stereocenters. The van der Waals surface area contributed by atoms with Crippen LogP contribution in [-0.4, -0.2) is 24.6 Å². The van der Waals surface area contributed by atoms with E-state index in [1.54, 1.807) is 36.5 Å². The zero-order valence-corrected chi connectivity index (χ0v) is 19.7. The van der Waals surface area contributed by atoms with Gasteiger partial charge in [0.2, 0.25) is 0 Å². The quantitative estimate of drug-likeness (QED) is 0.188. The molecule has 0 aliphatic heterocycles. The van der Waals surface area contributed by atoms with Crippen molar-refractivity contribution >= 4 is 57.1 Å². The smallest absolute Gasteiger partial charge is 0.271 e. The maximum atomic E-state index is 12.4. The molecular formula is C26H20IN3O3. The van der Waals surface area contributed by atoms with Crippen molar-refractivity contribution in [1.82, 2.24) is 5.43 Å². The van der Waals surface area contributed by atoms with Gasteiger partial charge in [0.1, 0.15) is 5.75 Å². The zero-order chi connectivity index (χ0) is 23.0. The summed E-state index contributed by atoms with van der Waals surface area (Å²) in [4.78, 5) is 24.4. The lowest BCUT2D eigenvalue weighted by Gasteiger charge is -2.09. The first-order valence-electron chi connectivity index (χ1n) is 10.2. The summed E-state index contributed by atoms with van der Waals surface area (Å²) >= 11 is 2.16. The Labute approximate surface area is 204 Å². The predicted octanol–water partition coefficient (Wildman–Crippen LogP) is 5.23. The topological polar surface area (TPSA) is 79.8 Å². The maximum absolute atomic E-state index is 12.4. The molecule has 2 amide bonds. The van der Waals surface area contributed by atoms with E-state index >= 15 is 0 Å². The number of anilines is 1. The van der Waals surface area contributed by atoms with Crippen molar-refractivity contribution in [3.8, 4) is 5.75 Å². The van der Waals surface area contributed by atoms with E-state index < -0.39 is 0 Å². The number of benzene rings is 4. The van der Waals surface area contributed by atoms with Gasteiger partial charge in [-0.25, -0.2) is 5.43 Å². The molecular weight excluding hydrogens is 529 g/mol. The SMILES string of the molecule is O=C(COc1ccc(/C=N\NC(=O)c2ccc3ccccc3c2)cc1)Nc1ccccc1I. The lowest BCUT2D eigenvalue weighted by atomic mass is 10.1. The normalized spacial score (nSPS) is 10.8. The van der Waals surface area contributed by atoms with Crippen molar-refractivity contribution in [2.45, 2.75) is 0 Å². The minimum absolute atomic E-state index is 0.0970. The van der Waals surface area contributed by atoms with Crippen molar-refractivity contribution in [2.24, 2.45) is 5.10 Å². The molecule has 0 aliphatic carbocycles. The van der Waals surface area contributed by atoms with E-state index in [1.807, 2.05) is 60.7 Å². The fourth-order valence-electron chi connectivity index (χ4n) is 3.11. The molecule has 4 aromatic rings. The Balaban J connectivity index is 1.27. The molecule has 164 valence electrons. The highest BCUT2D eigenvalue weighted by Gasteiger charge is 2.07. The molecule has 0 bridgehead atoms. The minimum Gasteiger partial charge on any atom is -0.484 e. The van der Waals surface area contributed by atoms with Gasteiger partial charge >= 0.3 is 0 Å². The van der Waals surface area contributed by atoms with E-state index in [2.05, 4.69) is 38.4 Å². The van der Waals surface area contributed by atoms with Crippen LogP contribution in [0.3, 0.4) is 0 Å². The third-order valence-electron chi connectivity index (χ3n) is 4.79. The van der Waals surface area contributed by atoms with E-state index in [9.17, 15) is 9.59 Å². The highest BCUT2D eigenvalue weighted by atomic mass is 127. The second-order valence-corrected chi connectivity index (χ2v) is 8.31. The third-order valence-corrected chi connectivity index (χ3v) is 5.73. The van der Waals surface area contributed by atoms with Crippen LogP contribution in [0.2, 0.25) is 0 Å². The van der Waals surface area contributed by atoms with E-state index in [4.69, 9.17) is 4.74 Å². The number of nitrogens with one attached hydrogen (secondary N) is 2. The number of carbonyl (C=O) groups excluding carboxylic acids is 2. The number of hydrazone groups is 1. The molecule has 0 saturated heterocycles. The Bertz CT molecular complexity index is 1320. The van der Waals surface area contributed by atoms with Crippen LogP contribution >= 0.6 is 22.6 Å². The second-order valence-electron chi connectivity index (χ2n) is 7.15. The number of hydrogen-bond donors (Lipinski definition) is 2. The molecule has 4 rings (SSSR count). The van der Waals surface area contributed by atoms with Gasteiger partial charge in [-0.15, -0.1) is 0 Å². The van der Waals surface area contributed by atoms with Crippen LogP contribution in [0.5, 0.6) is 5.75 Å². The average molecular weight is 549 g/mol. The molecule has 0 heterocycles. The van der Waals surface area contributed by atoms with Crippen molar-refractivity contribution < 1.29 is 14.3 Å². The standard InChI is InChI=1S/C26H20IN3O3/c27-23-7-3-4-8-24(23)29-25(31)17-33-22-13-9-18(10-14-22)16-28-30-26(32)21-12-11-19-5-1-2-6-20(19)15-21/h1-16H,17H2,(H,29,31)(H,30,32)/b28-16-.